The van der Waals surface area contributed by atoms with Crippen molar-refractivity contribution in [3.63, 3.8) is 0 Å². The van der Waals surface area contributed by atoms with Crippen LogP contribution in [0.3, 0.4) is 0 Å². The first-order chi connectivity index (χ1) is 8.79. The van der Waals surface area contributed by atoms with Crippen molar-refractivity contribution in [3.8, 4) is 0 Å². The SMILES string of the molecule is CC(C)C(C)N(C)S(=O)(=O)Cc1ccccc1CN. The molecule has 4 nitrogen and oxygen atoms in total. The van der Waals surface area contributed by atoms with E-state index in [9.17, 15) is 8.42 Å². The van der Waals surface area contributed by atoms with E-state index in [0.29, 0.717) is 6.54 Å². The number of hydrogen-bond acceptors (Lipinski definition) is 3. The summed E-state index contributed by atoms with van der Waals surface area (Å²) in [5, 5.41) is 0. The lowest BCUT2D eigenvalue weighted by Gasteiger charge is -2.27. The van der Waals surface area contributed by atoms with Gasteiger partial charge in [-0.15, -0.1) is 0 Å². The molecule has 0 aliphatic carbocycles. The molecule has 1 rings (SSSR count). The van der Waals surface area contributed by atoms with Crippen LogP contribution in [0.15, 0.2) is 24.3 Å². The fourth-order valence-corrected chi connectivity index (χ4v) is 3.50. The summed E-state index contributed by atoms with van der Waals surface area (Å²) in [6, 6.07) is 7.40. The second-order valence-corrected chi connectivity index (χ2v) is 7.26. The Labute approximate surface area is 116 Å². The van der Waals surface area contributed by atoms with Crippen molar-refractivity contribution in [1.82, 2.24) is 4.31 Å². The van der Waals surface area contributed by atoms with Gasteiger partial charge in [0, 0.05) is 19.6 Å². The first-order valence-electron chi connectivity index (χ1n) is 6.52. The van der Waals surface area contributed by atoms with Gasteiger partial charge < -0.3 is 5.73 Å². The third kappa shape index (κ3) is 4.03. The second kappa shape index (κ2) is 6.50. The van der Waals surface area contributed by atoms with Crippen molar-refractivity contribution in [1.29, 1.82) is 0 Å². The van der Waals surface area contributed by atoms with Gasteiger partial charge in [-0.05, 0) is 24.0 Å². The van der Waals surface area contributed by atoms with Crippen LogP contribution in [-0.2, 0) is 22.3 Å². The quantitative estimate of drug-likeness (QED) is 0.868. The highest BCUT2D eigenvalue weighted by molar-refractivity contribution is 7.88. The molecule has 0 amide bonds. The maximum atomic E-state index is 12.4. The van der Waals surface area contributed by atoms with E-state index in [0.717, 1.165) is 11.1 Å². The minimum Gasteiger partial charge on any atom is -0.326 e. The van der Waals surface area contributed by atoms with Crippen LogP contribution in [0.5, 0.6) is 0 Å². The van der Waals surface area contributed by atoms with Gasteiger partial charge in [0.15, 0.2) is 0 Å². The molecule has 0 aliphatic heterocycles. The van der Waals surface area contributed by atoms with Crippen LogP contribution in [0.25, 0.3) is 0 Å². The largest absolute Gasteiger partial charge is 0.326 e. The number of nitrogens with two attached hydrogens (primary N) is 1. The zero-order valence-corrected chi connectivity index (χ0v) is 12.9. The Morgan fingerprint density at radius 3 is 2.16 bits per heavy atom. The smallest absolute Gasteiger partial charge is 0.218 e. The van der Waals surface area contributed by atoms with Gasteiger partial charge in [0.25, 0.3) is 0 Å². The Hall–Kier alpha value is -0.910. The third-order valence-electron chi connectivity index (χ3n) is 3.65. The second-order valence-electron chi connectivity index (χ2n) is 5.23. The fourth-order valence-electron chi connectivity index (χ4n) is 1.87. The average Bonchev–Trinajstić information content (AvgIpc) is 2.37. The molecule has 0 aromatic heterocycles. The van der Waals surface area contributed by atoms with E-state index in [1.165, 1.54) is 4.31 Å². The molecule has 5 heteroatoms. The summed E-state index contributed by atoms with van der Waals surface area (Å²) >= 11 is 0. The summed E-state index contributed by atoms with van der Waals surface area (Å²) in [5.41, 5.74) is 7.32. The molecular weight excluding hydrogens is 260 g/mol. The minimum absolute atomic E-state index is 0.00787. The van der Waals surface area contributed by atoms with Crippen LogP contribution in [0, 0.1) is 5.92 Å². The molecule has 0 bridgehead atoms. The third-order valence-corrected chi connectivity index (χ3v) is 5.54. The number of hydrogen-bond donors (Lipinski definition) is 1. The monoisotopic (exact) mass is 284 g/mol. The number of benzene rings is 1. The van der Waals surface area contributed by atoms with E-state index in [1.807, 2.05) is 45.0 Å². The predicted molar refractivity (Wildman–Crippen MR) is 79.0 cm³/mol. The van der Waals surface area contributed by atoms with Crippen LogP contribution in [0.2, 0.25) is 0 Å². The standard InChI is InChI=1S/C14H24N2O2S/c1-11(2)12(3)16(4)19(17,18)10-14-8-6-5-7-13(14)9-15/h5-8,11-12H,9-10,15H2,1-4H3. The molecule has 2 N–H and O–H groups in total. The van der Waals surface area contributed by atoms with E-state index in [2.05, 4.69) is 0 Å². The predicted octanol–water partition coefficient (Wildman–Crippen LogP) is 1.95. The zero-order chi connectivity index (χ0) is 14.6. The van der Waals surface area contributed by atoms with Crippen LogP contribution in [-0.4, -0.2) is 25.8 Å². The molecule has 0 saturated carbocycles. The molecule has 0 heterocycles. The maximum absolute atomic E-state index is 12.4. The summed E-state index contributed by atoms with van der Waals surface area (Å²) in [6.45, 7) is 6.32. The molecule has 1 aromatic rings. The van der Waals surface area contributed by atoms with E-state index >= 15 is 0 Å². The molecule has 0 saturated heterocycles. The fraction of sp³-hybridized carbons (Fsp3) is 0.571. The van der Waals surface area contributed by atoms with Gasteiger partial charge in [-0.2, -0.15) is 0 Å². The Balaban J connectivity index is 2.97. The lowest BCUT2D eigenvalue weighted by atomic mass is 10.1. The van der Waals surface area contributed by atoms with E-state index in [4.69, 9.17) is 5.73 Å². The van der Waals surface area contributed by atoms with E-state index < -0.39 is 10.0 Å². The van der Waals surface area contributed by atoms with Crippen molar-refractivity contribution in [3.05, 3.63) is 35.4 Å². The number of sulfonamides is 1. The summed E-state index contributed by atoms with van der Waals surface area (Å²) in [5.74, 6) is 0.290. The molecule has 1 unspecified atom stereocenters. The average molecular weight is 284 g/mol. The molecule has 0 spiro atoms. The molecule has 1 atom stereocenters. The van der Waals surface area contributed by atoms with Crippen molar-refractivity contribution in [2.45, 2.75) is 39.1 Å². The Kier molecular flexibility index (Phi) is 5.52. The van der Waals surface area contributed by atoms with Gasteiger partial charge in [-0.3, -0.25) is 0 Å². The van der Waals surface area contributed by atoms with Gasteiger partial charge >= 0.3 is 0 Å². The van der Waals surface area contributed by atoms with Crippen LogP contribution < -0.4 is 5.73 Å². The lowest BCUT2D eigenvalue weighted by Crippen LogP contribution is -2.39. The molecule has 0 radical (unpaired) electrons. The minimum atomic E-state index is -3.31. The van der Waals surface area contributed by atoms with Gasteiger partial charge in [0.2, 0.25) is 10.0 Å². The van der Waals surface area contributed by atoms with Gasteiger partial charge in [0.1, 0.15) is 0 Å². The summed E-state index contributed by atoms with van der Waals surface area (Å²) in [7, 11) is -1.67. The molecule has 0 aliphatic rings. The molecular formula is C14H24N2O2S. The lowest BCUT2D eigenvalue weighted by molar-refractivity contribution is 0.315. The molecule has 108 valence electrons. The van der Waals surface area contributed by atoms with E-state index in [-0.39, 0.29) is 17.7 Å². The molecule has 1 aromatic carbocycles. The van der Waals surface area contributed by atoms with Crippen LogP contribution in [0.1, 0.15) is 31.9 Å². The van der Waals surface area contributed by atoms with Gasteiger partial charge in [0.05, 0.1) is 5.75 Å². The van der Waals surface area contributed by atoms with Crippen LogP contribution >= 0.6 is 0 Å². The summed E-state index contributed by atoms with van der Waals surface area (Å²) in [4.78, 5) is 0. The summed E-state index contributed by atoms with van der Waals surface area (Å²) < 4.78 is 26.3. The molecule has 19 heavy (non-hydrogen) atoms. The van der Waals surface area contributed by atoms with Crippen LogP contribution in [0.4, 0.5) is 0 Å². The Bertz CT molecular complexity index is 512. The highest BCUT2D eigenvalue weighted by Crippen LogP contribution is 2.18. The topological polar surface area (TPSA) is 63.4 Å². The van der Waals surface area contributed by atoms with Gasteiger partial charge in [-0.1, -0.05) is 38.1 Å². The maximum Gasteiger partial charge on any atom is 0.218 e. The summed E-state index contributed by atoms with van der Waals surface area (Å²) in [6.07, 6.45) is 0. The normalized spacial score (nSPS) is 14.1. The highest BCUT2D eigenvalue weighted by atomic mass is 32.2. The Morgan fingerprint density at radius 1 is 1.16 bits per heavy atom. The van der Waals surface area contributed by atoms with E-state index in [1.54, 1.807) is 7.05 Å². The highest BCUT2D eigenvalue weighted by Gasteiger charge is 2.25. The molecule has 0 fully saturated rings. The van der Waals surface area contributed by atoms with Gasteiger partial charge in [-0.25, -0.2) is 12.7 Å². The first kappa shape index (κ1) is 16.1. The van der Waals surface area contributed by atoms with Crippen molar-refractivity contribution < 1.29 is 8.42 Å². The van der Waals surface area contributed by atoms with Crippen molar-refractivity contribution in [2.75, 3.05) is 7.05 Å². The number of nitrogens with zero attached hydrogens (tertiary/aromatic N) is 1. The van der Waals surface area contributed by atoms with Crippen molar-refractivity contribution in [2.24, 2.45) is 11.7 Å². The zero-order valence-electron chi connectivity index (χ0n) is 12.1. The Morgan fingerprint density at radius 2 is 1.68 bits per heavy atom. The first-order valence-corrected chi connectivity index (χ1v) is 8.13. The number of rotatable bonds is 6. The van der Waals surface area contributed by atoms with Crippen molar-refractivity contribution >= 4 is 10.0 Å².